The molecule has 31 heavy (non-hydrogen) atoms. The standard InChI is InChI=1S/C23H32N6O2/c1-17(2)10-11-29-19-20(25(3)23(31)26(4)21(19)30)24-22(29)28-14-12-27(13-15-28)16-18-8-6-5-7-9-18/h5-9,17H,10-16H2,1-4H3/p+1. The van der Waals surface area contributed by atoms with Crippen LogP contribution in [0.25, 0.3) is 11.2 Å². The van der Waals surface area contributed by atoms with Crippen molar-refractivity contribution >= 4 is 17.1 Å². The number of piperazine rings is 1. The predicted octanol–water partition coefficient (Wildman–Crippen LogP) is 0.385. The number of rotatable bonds is 6. The van der Waals surface area contributed by atoms with E-state index in [2.05, 4.69) is 49.1 Å². The molecule has 2 aromatic heterocycles. The number of fused-ring (bicyclic) bond motifs is 1. The van der Waals surface area contributed by atoms with Gasteiger partial charge in [-0.1, -0.05) is 44.2 Å². The maximum absolute atomic E-state index is 13.0. The van der Waals surface area contributed by atoms with Crippen LogP contribution >= 0.6 is 0 Å². The van der Waals surface area contributed by atoms with E-state index in [1.807, 2.05) is 4.57 Å². The maximum atomic E-state index is 13.0. The Balaban J connectivity index is 1.65. The van der Waals surface area contributed by atoms with Gasteiger partial charge in [-0.15, -0.1) is 0 Å². The molecule has 1 aliphatic heterocycles. The average molecular weight is 426 g/mol. The fourth-order valence-corrected chi connectivity index (χ4v) is 4.36. The highest BCUT2D eigenvalue weighted by Crippen LogP contribution is 2.21. The second-order valence-electron chi connectivity index (χ2n) is 9.02. The van der Waals surface area contributed by atoms with E-state index in [-0.39, 0.29) is 11.2 Å². The summed E-state index contributed by atoms with van der Waals surface area (Å²) in [5.41, 5.74) is 1.75. The van der Waals surface area contributed by atoms with E-state index < -0.39 is 0 Å². The molecule has 0 amide bonds. The number of hydrogen-bond acceptors (Lipinski definition) is 4. The number of aromatic nitrogens is 4. The van der Waals surface area contributed by atoms with E-state index in [0.29, 0.717) is 23.6 Å². The minimum atomic E-state index is -0.338. The van der Waals surface area contributed by atoms with Crippen molar-refractivity contribution in [1.82, 2.24) is 18.7 Å². The molecule has 1 fully saturated rings. The molecule has 0 saturated carbocycles. The van der Waals surface area contributed by atoms with Gasteiger partial charge in [-0.25, -0.2) is 4.79 Å². The molecule has 0 radical (unpaired) electrons. The van der Waals surface area contributed by atoms with Crippen LogP contribution in [0.1, 0.15) is 25.8 Å². The second-order valence-corrected chi connectivity index (χ2v) is 9.02. The molecule has 0 aliphatic carbocycles. The maximum Gasteiger partial charge on any atom is 0.332 e. The van der Waals surface area contributed by atoms with Gasteiger partial charge in [0.05, 0.1) is 26.2 Å². The van der Waals surface area contributed by atoms with E-state index in [1.165, 1.54) is 21.7 Å². The number of hydrogen-bond donors (Lipinski definition) is 1. The number of nitrogens with one attached hydrogen (secondary N) is 1. The molecule has 8 nitrogen and oxygen atoms in total. The van der Waals surface area contributed by atoms with Gasteiger partial charge in [0.2, 0.25) is 5.95 Å². The van der Waals surface area contributed by atoms with E-state index in [9.17, 15) is 9.59 Å². The van der Waals surface area contributed by atoms with Crippen LogP contribution in [0.15, 0.2) is 39.9 Å². The Labute approximate surface area is 182 Å². The van der Waals surface area contributed by atoms with Gasteiger partial charge >= 0.3 is 5.69 Å². The molecular weight excluding hydrogens is 392 g/mol. The van der Waals surface area contributed by atoms with Crippen LogP contribution in [0, 0.1) is 5.92 Å². The van der Waals surface area contributed by atoms with Gasteiger partial charge in [0.15, 0.2) is 11.2 Å². The molecule has 4 rings (SSSR count). The van der Waals surface area contributed by atoms with Gasteiger partial charge in [-0.3, -0.25) is 13.9 Å². The molecule has 3 heterocycles. The van der Waals surface area contributed by atoms with Crippen molar-refractivity contribution in [2.24, 2.45) is 20.0 Å². The molecule has 166 valence electrons. The lowest BCUT2D eigenvalue weighted by Crippen LogP contribution is -3.13. The molecule has 0 atom stereocenters. The topological polar surface area (TPSA) is 69.5 Å². The van der Waals surface area contributed by atoms with Crippen molar-refractivity contribution in [2.45, 2.75) is 33.4 Å². The zero-order chi connectivity index (χ0) is 22.1. The fraction of sp³-hybridized carbons (Fsp3) is 0.522. The Hall–Kier alpha value is -2.87. The monoisotopic (exact) mass is 425 g/mol. The summed E-state index contributed by atoms with van der Waals surface area (Å²) in [5, 5.41) is 0. The van der Waals surface area contributed by atoms with Crippen LogP contribution in [0.4, 0.5) is 5.95 Å². The Morgan fingerprint density at radius 3 is 2.35 bits per heavy atom. The molecule has 8 heteroatoms. The highest BCUT2D eigenvalue weighted by Gasteiger charge is 2.27. The van der Waals surface area contributed by atoms with Crippen molar-refractivity contribution < 1.29 is 4.90 Å². The number of anilines is 1. The first kappa shape index (κ1) is 21.4. The number of nitrogens with zero attached hydrogens (tertiary/aromatic N) is 5. The lowest BCUT2D eigenvalue weighted by Gasteiger charge is -2.33. The third-order valence-corrected chi connectivity index (χ3v) is 6.31. The largest absolute Gasteiger partial charge is 0.332 e. The third kappa shape index (κ3) is 4.17. The molecule has 0 spiro atoms. The van der Waals surface area contributed by atoms with E-state index in [4.69, 9.17) is 4.98 Å². The van der Waals surface area contributed by atoms with Crippen LogP contribution in [-0.2, 0) is 27.2 Å². The molecule has 0 unspecified atom stereocenters. The van der Waals surface area contributed by atoms with Crippen molar-refractivity contribution in [3.63, 3.8) is 0 Å². The van der Waals surface area contributed by atoms with E-state index in [0.717, 1.165) is 45.1 Å². The van der Waals surface area contributed by atoms with Crippen molar-refractivity contribution in [3.05, 3.63) is 56.7 Å². The first-order valence-corrected chi connectivity index (χ1v) is 11.2. The summed E-state index contributed by atoms with van der Waals surface area (Å²) in [6.45, 7) is 9.87. The number of benzene rings is 1. The number of quaternary nitrogens is 1. The summed E-state index contributed by atoms with van der Waals surface area (Å²) in [4.78, 5) is 34.1. The van der Waals surface area contributed by atoms with Crippen molar-refractivity contribution in [3.8, 4) is 0 Å². The highest BCUT2D eigenvalue weighted by molar-refractivity contribution is 5.74. The summed E-state index contributed by atoms with van der Waals surface area (Å²) < 4.78 is 4.71. The van der Waals surface area contributed by atoms with Crippen LogP contribution in [0.3, 0.4) is 0 Å². The van der Waals surface area contributed by atoms with Gasteiger partial charge in [0.25, 0.3) is 5.56 Å². The van der Waals surface area contributed by atoms with Gasteiger partial charge in [0, 0.05) is 26.2 Å². The SMILES string of the molecule is CC(C)CCn1c(N2CC[NH+](Cc3ccccc3)CC2)nc2c1c(=O)n(C)c(=O)n2C. The van der Waals surface area contributed by atoms with Crippen LogP contribution < -0.4 is 21.0 Å². The van der Waals surface area contributed by atoms with Gasteiger partial charge in [-0.05, 0) is 12.3 Å². The van der Waals surface area contributed by atoms with Gasteiger partial charge < -0.3 is 14.4 Å². The van der Waals surface area contributed by atoms with Crippen LogP contribution in [0.5, 0.6) is 0 Å². The van der Waals surface area contributed by atoms with E-state index in [1.54, 1.807) is 11.9 Å². The highest BCUT2D eigenvalue weighted by atomic mass is 16.2. The minimum absolute atomic E-state index is 0.269. The number of imidazole rings is 1. The van der Waals surface area contributed by atoms with E-state index >= 15 is 0 Å². The van der Waals surface area contributed by atoms with Gasteiger partial charge in [0.1, 0.15) is 6.54 Å². The molecule has 1 N–H and O–H groups in total. The summed E-state index contributed by atoms with van der Waals surface area (Å²) in [5.74, 6) is 1.32. The Morgan fingerprint density at radius 1 is 1.03 bits per heavy atom. The van der Waals surface area contributed by atoms with Crippen molar-refractivity contribution in [2.75, 3.05) is 31.1 Å². The minimum Gasteiger partial charge on any atom is -0.331 e. The summed E-state index contributed by atoms with van der Waals surface area (Å²) >= 11 is 0. The zero-order valence-corrected chi connectivity index (χ0v) is 19.0. The van der Waals surface area contributed by atoms with Gasteiger partial charge in [-0.2, -0.15) is 4.98 Å². The molecule has 1 aliphatic rings. The lowest BCUT2D eigenvalue weighted by atomic mass is 10.1. The average Bonchev–Trinajstić information content (AvgIpc) is 3.15. The normalized spacial score (nSPS) is 15.3. The Bertz CT molecular complexity index is 1170. The summed E-state index contributed by atoms with van der Waals surface area (Å²) in [6, 6.07) is 10.6. The van der Waals surface area contributed by atoms with Crippen LogP contribution in [-0.4, -0.2) is 44.9 Å². The quantitative estimate of drug-likeness (QED) is 0.620. The molecule has 1 aromatic carbocycles. The Morgan fingerprint density at radius 2 is 1.71 bits per heavy atom. The predicted molar refractivity (Wildman–Crippen MR) is 123 cm³/mol. The fourth-order valence-electron chi connectivity index (χ4n) is 4.36. The van der Waals surface area contributed by atoms with Crippen molar-refractivity contribution in [1.29, 1.82) is 0 Å². The first-order chi connectivity index (χ1) is 14.9. The number of aryl methyl sites for hydroxylation is 2. The smallest absolute Gasteiger partial charge is 0.331 e. The molecule has 3 aromatic rings. The third-order valence-electron chi connectivity index (χ3n) is 6.31. The summed E-state index contributed by atoms with van der Waals surface area (Å²) in [7, 11) is 3.23. The molecule has 0 bridgehead atoms. The first-order valence-electron chi connectivity index (χ1n) is 11.2. The summed E-state index contributed by atoms with van der Waals surface area (Å²) in [6.07, 6.45) is 0.948. The second kappa shape index (κ2) is 8.70. The molecular formula is C23H33N6O2+. The Kier molecular flexibility index (Phi) is 6.00. The van der Waals surface area contributed by atoms with Crippen LogP contribution in [0.2, 0.25) is 0 Å². The molecule has 1 saturated heterocycles. The lowest BCUT2D eigenvalue weighted by molar-refractivity contribution is -0.914. The zero-order valence-electron chi connectivity index (χ0n) is 19.0.